The van der Waals surface area contributed by atoms with Crippen LogP contribution in [-0.4, -0.2) is 16.9 Å². The van der Waals surface area contributed by atoms with Crippen molar-refractivity contribution in [2.75, 3.05) is 0 Å². The van der Waals surface area contributed by atoms with Gasteiger partial charge >= 0.3 is 0 Å². The second-order valence-corrected chi connectivity index (χ2v) is 9.61. The minimum absolute atomic E-state index is 0.00222. The number of fused-ring (bicyclic) bond motifs is 1. The number of hydrogen-bond donors (Lipinski definition) is 3. The molecule has 0 saturated heterocycles. The molecular formula is C32H32N2O3. The molecule has 188 valence electrons. The van der Waals surface area contributed by atoms with E-state index in [0.717, 1.165) is 50.9 Å². The molecule has 0 fully saturated rings. The van der Waals surface area contributed by atoms with Crippen molar-refractivity contribution in [2.24, 2.45) is 0 Å². The number of amides is 2. The average Bonchev–Trinajstić information content (AvgIpc) is 2.86. The van der Waals surface area contributed by atoms with Crippen LogP contribution in [0.15, 0.2) is 114 Å². The number of allylic oxidation sites excluding steroid dienone is 2. The minimum atomic E-state index is -0.115. The van der Waals surface area contributed by atoms with E-state index in [4.69, 9.17) is 0 Å². The van der Waals surface area contributed by atoms with Gasteiger partial charge < -0.3 is 15.7 Å². The number of phenolic OH excluding ortho intramolecular Hbond substituents is 1. The number of hydrogen-bond acceptors (Lipinski definition) is 3. The summed E-state index contributed by atoms with van der Waals surface area (Å²) in [6, 6.07) is 21.5. The van der Waals surface area contributed by atoms with Gasteiger partial charge in [-0.2, -0.15) is 0 Å². The van der Waals surface area contributed by atoms with Gasteiger partial charge in [-0.15, -0.1) is 0 Å². The summed E-state index contributed by atoms with van der Waals surface area (Å²) in [5.41, 5.74) is 7.20. The van der Waals surface area contributed by atoms with Gasteiger partial charge in [-0.05, 0) is 36.2 Å². The summed E-state index contributed by atoms with van der Waals surface area (Å²) >= 11 is 0. The van der Waals surface area contributed by atoms with E-state index in [-0.39, 0.29) is 17.6 Å². The molecule has 0 radical (unpaired) electrons. The molecule has 3 aromatic rings. The fourth-order valence-corrected chi connectivity index (χ4v) is 4.75. The van der Waals surface area contributed by atoms with Crippen LogP contribution in [-0.2, 0) is 22.4 Å². The maximum absolute atomic E-state index is 12.2. The molecule has 0 saturated carbocycles. The summed E-state index contributed by atoms with van der Waals surface area (Å²) in [5.74, 6) is 0.111. The highest BCUT2D eigenvalue weighted by Gasteiger charge is 2.22. The Bertz CT molecular complexity index is 1460. The third-order valence-electron chi connectivity index (χ3n) is 6.71. The molecule has 2 aliphatic rings. The lowest BCUT2D eigenvalue weighted by atomic mass is 9.91. The topological polar surface area (TPSA) is 78.4 Å². The highest BCUT2D eigenvalue weighted by Crippen LogP contribution is 2.31. The lowest BCUT2D eigenvalue weighted by Crippen LogP contribution is -2.30. The number of carbonyl (C=O) groups is 2. The monoisotopic (exact) mass is 492 g/mol. The van der Waals surface area contributed by atoms with Crippen LogP contribution < -0.4 is 10.6 Å². The molecule has 3 N–H and O–H groups in total. The predicted molar refractivity (Wildman–Crippen MR) is 149 cm³/mol. The van der Waals surface area contributed by atoms with Gasteiger partial charge in [0.25, 0.3) is 11.8 Å². The summed E-state index contributed by atoms with van der Waals surface area (Å²) in [5, 5.41) is 17.8. The Morgan fingerprint density at radius 2 is 1.27 bits per heavy atom. The maximum atomic E-state index is 12.2. The molecule has 0 unspecified atom stereocenters. The van der Waals surface area contributed by atoms with Crippen molar-refractivity contribution in [3.05, 3.63) is 125 Å². The van der Waals surface area contributed by atoms with Crippen molar-refractivity contribution in [3.63, 3.8) is 0 Å². The molecule has 0 aromatic heterocycles. The van der Waals surface area contributed by atoms with Crippen molar-refractivity contribution in [1.29, 1.82) is 0 Å². The molecule has 2 amide bonds. The standard InChI is InChI=1S/C18H17NO2.C14H15NO/c1-11-9-12(2)19-18(21)15(11)10-16-14-6-4-3-5-13(14)7-8-17(16)20;1-10-8-11(2)15-14(16)13(10)9-12-6-4-3-5-7-12/h3-8,20H,2,9-10H2,1H3,(H,19,21);3-7H,2,8-9H2,1H3,(H,15,16). The van der Waals surface area contributed by atoms with Crippen molar-refractivity contribution < 1.29 is 14.7 Å². The van der Waals surface area contributed by atoms with Crippen LogP contribution in [0.2, 0.25) is 0 Å². The minimum Gasteiger partial charge on any atom is -0.508 e. The summed E-state index contributed by atoms with van der Waals surface area (Å²) < 4.78 is 0. The first-order chi connectivity index (χ1) is 17.7. The van der Waals surface area contributed by atoms with Crippen molar-refractivity contribution in [1.82, 2.24) is 10.6 Å². The lowest BCUT2D eigenvalue weighted by Gasteiger charge is -2.21. The second-order valence-electron chi connectivity index (χ2n) is 9.61. The van der Waals surface area contributed by atoms with Crippen LogP contribution in [0.1, 0.15) is 37.8 Å². The molecule has 5 rings (SSSR count). The highest BCUT2D eigenvalue weighted by atomic mass is 16.3. The number of aromatic hydroxyl groups is 1. The Kier molecular flexibility index (Phi) is 7.73. The van der Waals surface area contributed by atoms with Crippen molar-refractivity contribution in [3.8, 4) is 5.75 Å². The first-order valence-electron chi connectivity index (χ1n) is 12.3. The largest absolute Gasteiger partial charge is 0.508 e. The Balaban J connectivity index is 0.000000180. The van der Waals surface area contributed by atoms with E-state index in [9.17, 15) is 14.7 Å². The van der Waals surface area contributed by atoms with Crippen LogP contribution in [0.4, 0.5) is 0 Å². The Labute approximate surface area is 217 Å². The van der Waals surface area contributed by atoms with Gasteiger partial charge in [0.1, 0.15) is 5.75 Å². The zero-order chi connectivity index (χ0) is 26.5. The van der Waals surface area contributed by atoms with E-state index < -0.39 is 0 Å². The maximum Gasteiger partial charge on any atom is 0.251 e. The summed E-state index contributed by atoms with van der Waals surface area (Å²) in [6.45, 7) is 11.5. The number of nitrogens with one attached hydrogen (secondary N) is 2. The molecule has 5 heteroatoms. The van der Waals surface area contributed by atoms with Crippen LogP contribution in [0.25, 0.3) is 10.8 Å². The molecule has 0 atom stereocenters. The van der Waals surface area contributed by atoms with Gasteiger partial charge in [0.2, 0.25) is 0 Å². The van der Waals surface area contributed by atoms with Gasteiger partial charge in [0, 0.05) is 53.8 Å². The fraction of sp³-hybridized carbons (Fsp3) is 0.188. The van der Waals surface area contributed by atoms with E-state index in [0.29, 0.717) is 24.8 Å². The van der Waals surface area contributed by atoms with Gasteiger partial charge in [-0.25, -0.2) is 0 Å². The van der Waals surface area contributed by atoms with Crippen molar-refractivity contribution in [2.45, 2.75) is 39.5 Å². The summed E-state index contributed by atoms with van der Waals surface area (Å²) in [7, 11) is 0. The Hall–Kier alpha value is -4.38. The molecule has 0 bridgehead atoms. The highest BCUT2D eigenvalue weighted by molar-refractivity contribution is 5.98. The number of carbonyl (C=O) groups excluding carboxylic acids is 2. The molecule has 5 nitrogen and oxygen atoms in total. The van der Waals surface area contributed by atoms with E-state index in [1.807, 2.05) is 74.5 Å². The van der Waals surface area contributed by atoms with Gasteiger partial charge in [0.15, 0.2) is 0 Å². The van der Waals surface area contributed by atoms with Crippen LogP contribution in [0.5, 0.6) is 5.75 Å². The fourth-order valence-electron chi connectivity index (χ4n) is 4.75. The predicted octanol–water partition coefficient (Wildman–Crippen LogP) is 6.02. The van der Waals surface area contributed by atoms with E-state index in [1.54, 1.807) is 6.07 Å². The molecule has 3 aromatic carbocycles. The van der Waals surface area contributed by atoms with E-state index in [2.05, 4.69) is 23.8 Å². The summed E-state index contributed by atoms with van der Waals surface area (Å²) in [4.78, 5) is 23.9. The average molecular weight is 493 g/mol. The first kappa shape index (κ1) is 25.7. The normalized spacial score (nSPS) is 15.8. The third kappa shape index (κ3) is 6.07. The van der Waals surface area contributed by atoms with Gasteiger partial charge in [-0.1, -0.05) is 85.0 Å². The molecule has 0 aliphatic carbocycles. The van der Waals surface area contributed by atoms with Crippen LogP contribution >= 0.6 is 0 Å². The van der Waals surface area contributed by atoms with Crippen LogP contribution in [0.3, 0.4) is 0 Å². The number of benzene rings is 3. The SMILES string of the molecule is C=C1CC(C)=C(Cc2c(O)ccc3ccccc23)C(=O)N1.C=C1CC(C)=C(Cc2ccccc2)C(=O)N1. The van der Waals surface area contributed by atoms with Crippen molar-refractivity contribution >= 4 is 22.6 Å². The molecular weight excluding hydrogens is 460 g/mol. The third-order valence-corrected chi connectivity index (χ3v) is 6.71. The van der Waals surface area contributed by atoms with Gasteiger partial charge in [0.05, 0.1) is 0 Å². The number of rotatable bonds is 4. The zero-order valence-corrected chi connectivity index (χ0v) is 21.4. The van der Waals surface area contributed by atoms with E-state index in [1.165, 1.54) is 5.56 Å². The van der Waals surface area contributed by atoms with Gasteiger partial charge in [-0.3, -0.25) is 9.59 Å². The zero-order valence-electron chi connectivity index (χ0n) is 21.4. The Morgan fingerprint density at radius 1 is 0.730 bits per heavy atom. The summed E-state index contributed by atoms with van der Waals surface area (Å²) in [6.07, 6.45) is 2.57. The first-order valence-corrected chi connectivity index (χ1v) is 12.3. The van der Waals surface area contributed by atoms with Crippen LogP contribution in [0, 0.1) is 0 Å². The number of phenols is 1. The quantitative estimate of drug-likeness (QED) is 0.417. The molecule has 37 heavy (non-hydrogen) atoms. The molecule has 0 spiro atoms. The Morgan fingerprint density at radius 3 is 1.86 bits per heavy atom. The smallest absolute Gasteiger partial charge is 0.251 e. The van der Waals surface area contributed by atoms with E-state index >= 15 is 0 Å². The second kappa shape index (κ2) is 11.1. The lowest BCUT2D eigenvalue weighted by molar-refractivity contribution is -0.118. The molecule has 2 aliphatic heterocycles. The molecule has 2 heterocycles.